The first kappa shape index (κ1) is 17.2. The van der Waals surface area contributed by atoms with Crippen molar-refractivity contribution in [3.63, 3.8) is 0 Å². The number of nitrogens with one attached hydrogen (secondary N) is 2. The first-order chi connectivity index (χ1) is 12.9. The highest BCUT2D eigenvalue weighted by Gasteiger charge is 2.33. The molecule has 0 amide bonds. The van der Waals surface area contributed by atoms with Crippen LogP contribution in [0.1, 0.15) is 21.6 Å². The molecule has 0 fully saturated rings. The summed E-state index contributed by atoms with van der Waals surface area (Å²) in [6, 6.07) is 13.9. The number of carboxylic acids is 1. The molecule has 138 valence electrons. The van der Waals surface area contributed by atoms with Gasteiger partial charge in [0.1, 0.15) is 0 Å². The van der Waals surface area contributed by atoms with Gasteiger partial charge in [-0.25, -0.2) is 9.10 Å². The van der Waals surface area contributed by atoms with Crippen molar-refractivity contribution in [1.82, 2.24) is 4.98 Å². The summed E-state index contributed by atoms with van der Waals surface area (Å²) in [6.45, 7) is 1.94. The van der Waals surface area contributed by atoms with E-state index in [-0.39, 0.29) is 12.1 Å². The monoisotopic (exact) mass is 383 g/mol. The van der Waals surface area contributed by atoms with Gasteiger partial charge in [-0.05, 0) is 25.1 Å². The quantitative estimate of drug-likeness (QED) is 0.643. The lowest BCUT2D eigenvalue weighted by Crippen LogP contribution is -2.37. The summed E-state index contributed by atoms with van der Waals surface area (Å²) < 4.78 is 29.9. The minimum atomic E-state index is -3.90. The van der Waals surface area contributed by atoms with Gasteiger partial charge in [0.05, 0.1) is 23.5 Å². The minimum absolute atomic E-state index is 0.0147. The van der Waals surface area contributed by atoms with Crippen molar-refractivity contribution >= 4 is 27.6 Å². The molecular weight excluding hydrogens is 366 g/mol. The van der Waals surface area contributed by atoms with E-state index in [1.54, 1.807) is 36.4 Å². The van der Waals surface area contributed by atoms with Gasteiger partial charge in [0, 0.05) is 23.0 Å². The summed E-state index contributed by atoms with van der Waals surface area (Å²) in [7, 11) is -3.90. The van der Waals surface area contributed by atoms with E-state index in [1.165, 1.54) is 10.5 Å². The van der Waals surface area contributed by atoms with Gasteiger partial charge in [-0.3, -0.25) is 4.72 Å². The number of carbonyl (C=O) groups is 1. The third-order valence-electron chi connectivity index (χ3n) is 4.52. The molecule has 0 unspecified atom stereocenters. The van der Waals surface area contributed by atoms with Crippen LogP contribution in [0.4, 0.5) is 11.4 Å². The fourth-order valence-electron chi connectivity index (χ4n) is 3.24. The summed E-state index contributed by atoms with van der Waals surface area (Å²) in [5.74, 6) is -1.06. The smallest absolute Gasteiger partial charge is 0.337 e. The molecule has 1 aliphatic heterocycles. The average molecular weight is 383 g/mol. The zero-order chi connectivity index (χ0) is 19.2. The third kappa shape index (κ3) is 2.93. The number of benzene rings is 2. The molecule has 0 radical (unpaired) electrons. The van der Waals surface area contributed by atoms with Gasteiger partial charge in [-0.1, -0.05) is 35.9 Å². The van der Waals surface area contributed by atoms with E-state index in [4.69, 9.17) is 0 Å². The van der Waals surface area contributed by atoms with E-state index >= 15 is 0 Å². The number of aromatic amines is 1. The predicted octanol–water partition coefficient (Wildman–Crippen LogP) is 3.37. The molecule has 2 heterocycles. The number of nitrogens with zero attached hydrogens (tertiary/aromatic N) is 1. The lowest BCUT2D eigenvalue weighted by molar-refractivity contribution is 0.0698. The van der Waals surface area contributed by atoms with E-state index in [0.29, 0.717) is 28.2 Å². The second-order valence-corrected chi connectivity index (χ2v) is 7.95. The number of anilines is 2. The molecule has 0 spiro atoms. The molecule has 7 nitrogen and oxygen atoms in total. The molecule has 0 atom stereocenters. The molecular formula is C19H17N3O4S. The number of hydrogen-bond donors (Lipinski definition) is 3. The molecule has 1 aromatic heterocycles. The van der Waals surface area contributed by atoms with E-state index < -0.39 is 16.2 Å². The average Bonchev–Trinajstić information content (AvgIpc) is 3.07. The lowest BCUT2D eigenvalue weighted by Gasteiger charge is -2.30. The molecule has 0 saturated heterocycles. The van der Waals surface area contributed by atoms with Gasteiger partial charge >= 0.3 is 16.2 Å². The molecule has 0 bridgehead atoms. The number of hydrogen-bond acceptors (Lipinski definition) is 3. The predicted molar refractivity (Wildman–Crippen MR) is 103 cm³/mol. The van der Waals surface area contributed by atoms with Gasteiger partial charge in [0.15, 0.2) is 0 Å². The highest BCUT2D eigenvalue weighted by atomic mass is 32.2. The lowest BCUT2D eigenvalue weighted by atomic mass is 9.97. The van der Waals surface area contributed by atoms with Crippen LogP contribution in [-0.4, -0.2) is 24.5 Å². The molecule has 3 aromatic rings. The van der Waals surface area contributed by atoms with Crippen molar-refractivity contribution in [3.05, 3.63) is 71.5 Å². The first-order valence-electron chi connectivity index (χ1n) is 8.27. The van der Waals surface area contributed by atoms with Crippen molar-refractivity contribution in [2.24, 2.45) is 0 Å². The SMILES string of the molecule is Cc1ccc(NS(=O)(=O)N2Cc3[nH]cc(C(=O)O)c3-c3ccccc32)cc1. The maximum Gasteiger partial charge on any atom is 0.337 e. The summed E-state index contributed by atoms with van der Waals surface area (Å²) in [4.78, 5) is 14.4. The Hall–Kier alpha value is -3.26. The number of para-hydroxylation sites is 1. The fourth-order valence-corrected chi connectivity index (χ4v) is 4.50. The maximum absolute atomic E-state index is 13.0. The summed E-state index contributed by atoms with van der Waals surface area (Å²) >= 11 is 0. The Labute approximate surface area is 156 Å². The van der Waals surface area contributed by atoms with Crippen molar-refractivity contribution in [1.29, 1.82) is 0 Å². The van der Waals surface area contributed by atoms with Crippen LogP contribution in [0, 0.1) is 6.92 Å². The number of fused-ring (bicyclic) bond motifs is 3. The zero-order valence-corrected chi connectivity index (χ0v) is 15.2. The van der Waals surface area contributed by atoms with Crippen molar-refractivity contribution in [3.8, 4) is 11.1 Å². The van der Waals surface area contributed by atoms with E-state index in [2.05, 4.69) is 9.71 Å². The van der Waals surface area contributed by atoms with Gasteiger partial charge < -0.3 is 10.1 Å². The van der Waals surface area contributed by atoms with Crippen LogP contribution in [0.25, 0.3) is 11.1 Å². The van der Waals surface area contributed by atoms with Crippen LogP contribution in [0.3, 0.4) is 0 Å². The highest BCUT2D eigenvalue weighted by Crippen LogP contribution is 2.42. The van der Waals surface area contributed by atoms with Crippen LogP contribution in [0.5, 0.6) is 0 Å². The van der Waals surface area contributed by atoms with Gasteiger partial charge in [0.25, 0.3) is 0 Å². The summed E-state index contributed by atoms with van der Waals surface area (Å²) in [6.07, 6.45) is 1.40. The van der Waals surface area contributed by atoms with Crippen LogP contribution in [0.15, 0.2) is 54.7 Å². The van der Waals surface area contributed by atoms with Gasteiger partial charge in [-0.15, -0.1) is 0 Å². The number of aromatic nitrogens is 1. The molecule has 4 rings (SSSR count). The van der Waals surface area contributed by atoms with Gasteiger partial charge in [-0.2, -0.15) is 8.42 Å². The standard InChI is InChI=1S/C19H17N3O4S/c1-12-6-8-13(9-7-12)21-27(25,26)22-11-16-18(15(10-20-16)19(23)24)14-4-2-3-5-17(14)22/h2-10,20-21H,11H2,1H3,(H,23,24). The third-order valence-corrected chi connectivity index (χ3v) is 5.92. The molecule has 3 N–H and O–H groups in total. The molecule has 8 heteroatoms. The molecule has 2 aromatic carbocycles. The normalized spacial score (nSPS) is 13.0. The Bertz CT molecular complexity index is 1130. The molecule has 0 saturated carbocycles. The number of aryl methyl sites for hydroxylation is 1. The van der Waals surface area contributed by atoms with Crippen molar-refractivity contribution < 1.29 is 18.3 Å². The Morgan fingerprint density at radius 2 is 1.85 bits per heavy atom. The Morgan fingerprint density at radius 1 is 1.15 bits per heavy atom. The van der Waals surface area contributed by atoms with Crippen molar-refractivity contribution in [2.75, 3.05) is 9.03 Å². The van der Waals surface area contributed by atoms with E-state index in [0.717, 1.165) is 5.56 Å². The first-order valence-corrected chi connectivity index (χ1v) is 9.71. The topological polar surface area (TPSA) is 103 Å². The van der Waals surface area contributed by atoms with Crippen molar-refractivity contribution in [2.45, 2.75) is 13.5 Å². The summed E-state index contributed by atoms with van der Waals surface area (Å²) in [5, 5.41) is 9.43. The number of rotatable bonds is 4. The number of aromatic carboxylic acids is 1. The molecule has 0 aliphatic carbocycles. The summed E-state index contributed by atoms with van der Waals surface area (Å²) in [5.41, 5.74) is 3.68. The fraction of sp³-hybridized carbons (Fsp3) is 0.105. The van der Waals surface area contributed by atoms with Crippen LogP contribution >= 0.6 is 0 Å². The van der Waals surface area contributed by atoms with E-state index in [9.17, 15) is 18.3 Å². The van der Waals surface area contributed by atoms with E-state index in [1.807, 2.05) is 19.1 Å². The second-order valence-electron chi connectivity index (χ2n) is 6.36. The Balaban J connectivity index is 1.78. The number of carboxylic acid groups (broad SMARTS) is 1. The minimum Gasteiger partial charge on any atom is -0.478 e. The Morgan fingerprint density at radius 3 is 2.56 bits per heavy atom. The zero-order valence-electron chi connectivity index (χ0n) is 14.4. The van der Waals surface area contributed by atoms with Crippen LogP contribution in [-0.2, 0) is 16.8 Å². The highest BCUT2D eigenvalue weighted by molar-refractivity contribution is 7.94. The molecule has 1 aliphatic rings. The maximum atomic E-state index is 13.0. The largest absolute Gasteiger partial charge is 0.478 e. The van der Waals surface area contributed by atoms with Crippen LogP contribution < -0.4 is 9.03 Å². The van der Waals surface area contributed by atoms with Crippen LogP contribution in [0.2, 0.25) is 0 Å². The number of H-pyrrole nitrogens is 1. The molecule has 27 heavy (non-hydrogen) atoms. The second kappa shape index (κ2) is 6.17. The Kier molecular flexibility index (Phi) is 3.92. The van der Waals surface area contributed by atoms with Gasteiger partial charge in [0.2, 0.25) is 0 Å².